The van der Waals surface area contributed by atoms with Crippen LogP contribution in [0.5, 0.6) is 0 Å². The van der Waals surface area contributed by atoms with E-state index in [4.69, 9.17) is 4.74 Å². The van der Waals surface area contributed by atoms with E-state index < -0.39 is 21.7 Å². The number of hydrogen-bond donors (Lipinski definition) is 2. The number of carbonyl (C=O) groups excluding carboxylic acids is 1. The zero-order valence-electron chi connectivity index (χ0n) is 16.6. The summed E-state index contributed by atoms with van der Waals surface area (Å²) in [4.78, 5) is 11.8. The number of benzene rings is 2. The lowest BCUT2D eigenvalue weighted by molar-refractivity contribution is 0.0527. The summed E-state index contributed by atoms with van der Waals surface area (Å²) >= 11 is 0. The van der Waals surface area contributed by atoms with Gasteiger partial charge in [-0.1, -0.05) is 42.5 Å². The number of sulfonamides is 1. The Labute approximate surface area is 167 Å². The van der Waals surface area contributed by atoms with E-state index in [1.54, 1.807) is 45.0 Å². The van der Waals surface area contributed by atoms with Gasteiger partial charge in [0.25, 0.3) is 0 Å². The molecule has 0 bridgehead atoms. The number of alkyl carbamates (subject to hydrolysis) is 1. The lowest BCUT2D eigenvalue weighted by Crippen LogP contribution is -2.33. The van der Waals surface area contributed by atoms with Gasteiger partial charge in [0, 0.05) is 13.1 Å². The van der Waals surface area contributed by atoms with E-state index in [1.807, 2.05) is 30.3 Å². The van der Waals surface area contributed by atoms with Crippen LogP contribution in [-0.4, -0.2) is 33.2 Å². The van der Waals surface area contributed by atoms with Crippen molar-refractivity contribution >= 4 is 16.1 Å². The number of carbonyl (C=O) groups is 1. The van der Waals surface area contributed by atoms with Crippen molar-refractivity contribution in [3.8, 4) is 11.1 Å². The molecule has 0 aliphatic carbocycles. The number of nitrogens with one attached hydrogen (secondary N) is 2. The van der Waals surface area contributed by atoms with Gasteiger partial charge in [-0.15, -0.1) is 0 Å². The van der Waals surface area contributed by atoms with Crippen molar-refractivity contribution in [1.82, 2.24) is 10.0 Å². The van der Waals surface area contributed by atoms with Crippen LogP contribution < -0.4 is 10.0 Å². The summed E-state index contributed by atoms with van der Waals surface area (Å²) in [6.07, 6.45) is 0.790. The average molecular weight is 405 g/mol. The molecule has 152 valence electrons. The first-order valence-corrected chi connectivity index (χ1v) is 10.8. The zero-order valence-corrected chi connectivity index (χ0v) is 17.4. The van der Waals surface area contributed by atoms with Crippen LogP contribution in [0.1, 0.15) is 33.6 Å². The molecule has 0 aliphatic heterocycles. The lowest BCUT2D eigenvalue weighted by atomic mass is 10.1. The predicted molar refractivity (Wildman–Crippen MR) is 111 cm³/mol. The number of unbranched alkanes of at least 4 members (excludes halogenated alkanes) is 1. The minimum atomic E-state index is -3.55. The van der Waals surface area contributed by atoms with Crippen molar-refractivity contribution in [3.63, 3.8) is 0 Å². The third-order valence-corrected chi connectivity index (χ3v) is 5.31. The van der Waals surface area contributed by atoms with Gasteiger partial charge in [-0.2, -0.15) is 0 Å². The molecule has 2 N–H and O–H groups in total. The molecule has 0 radical (unpaired) electrons. The summed E-state index contributed by atoms with van der Waals surface area (Å²) in [6.45, 7) is 6.14. The van der Waals surface area contributed by atoms with Crippen molar-refractivity contribution in [2.24, 2.45) is 0 Å². The van der Waals surface area contributed by atoms with Gasteiger partial charge >= 0.3 is 6.09 Å². The molecular weight excluding hydrogens is 376 g/mol. The molecule has 2 aromatic carbocycles. The van der Waals surface area contributed by atoms with Gasteiger partial charge in [-0.3, -0.25) is 0 Å². The van der Waals surface area contributed by atoms with Crippen molar-refractivity contribution in [1.29, 1.82) is 0 Å². The van der Waals surface area contributed by atoms with Gasteiger partial charge in [0.15, 0.2) is 0 Å². The zero-order chi connectivity index (χ0) is 20.6. The molecule has 0 saturated carbocycles. The van der Waals surface area contributed by atoms with E-state index in [-0.39, 0.29) is 4.90 Å². The average Bonchev–Trinajstić information content (AvgIpc) is 2.64. The summed E-state index contributed by atoms with van der Waals surface area (Å²) in [5, 5.41) is 2.65. The van der Waals surface area contributed by atoms with E-state index in [2.05, 4.69) is 10.0 Å². The third-order valence-electron chi connectivity index (χ3n) is 3.84. The van der Waals surface area contributed by atoms with Crippen LogP contribution in [0.25, 0.3) is 11.1 Å². The SMILES string of the molecule is CC(C)(C)OC(=O)NCCCCNS(=O)(=O)c1ccc(-c2ccccc2)cc1. The molecular formula is C21H28N2O4S. The molecule has 0 atom stereocenters. The first-order valence-electron chi connectivity index (χ1n) is 9.29. The Balaban J connectivity index is 1.76. The number of ether oxygens (including phenoxy) is 1. The van der Waals surface area contributed by atoms with Crippen LogP contribution in [0.2, 0.25) is 0 Å². The highest BCUT2D eigenvalue weighted by Crippen LogP contribution is 2.20. The Morgan fingerprint density at radius 3 is 2.07 bits per heavy atom. The monoisotopic (exact) mass is 404 g/mol. The molecule has 0 saturated heterocycles. The maximum absolute atomic E-state index is 12.4. The molecule has 6 nitrogen and oxygen atoms in total. The number of amides is 1. The van der Waals surface area contributed by atoms with Gasteiger partial charge < -0.3 is 10.1 Å². The molecule has 2 aromatic rings. The molecule has 0 aliphatic rings. The van der Waals surface area contributed by atoms with E-state index >= 15 is 0 Å². The molecule has 0 heterocycles. The Morgan fingerprint density at radius 1 is 0.893 bits per heavy atom. The second kappa shape index (κ2) is 9.71. The molecule has 7 heteroatoms. The Morgan fingerprint density at radius 2 is 1.46 bits per heavy atom. The van der Waals surface area contributed by atoms with E-state index in [0.29, 0.717) is 25.9 Å². The van der Waals surface area contributed by atoms with E-state index in [0.717, 1.165) is 11.1 Å². The Hall–Kier alpha value is -2.38. The normalized spacial score (nSPS) is 11.8. The van der Waals surface area contributed by atoms with E-state index in [1.165, 1.54) is 0 Å². The summed E-state index contributed by atoms with van der Waals surface area (Å²) in [5.74, 6) is 0. The molecule has 0 spiro atoms. The summed E-state index contributed by atoms with van der Waals surface area (Å²) in [7, 11) is -3.55. The van der Waals surface area contributed by atoms with Crippen molar-refractivity contribution in [2.45, 2.75) is 44.1 Å². The maximum atomic E-state index is 12.4. The van der Waals surface area contributed by atoms with Crippen LogP contribution in [0.15, 0.2) is 59.5 Å². The molecule has 0 aromatic heterocycles. The highest BCUT2D eigenvalue weighted by Gasteiger charge is 2.16. The quantitative estimate of drug-likeness (QED) is 0.653. The Bertz CT molecular complexity index is 858. The second-order valence-corrected chi connectivity index (χ2v) is 9.19. The van der Waals surface area contributed by atoms with Crippen molar-refractivity contribution in [3.05, 3.63) is 54.6 Å². The van der Waals surface area contributed by atoms with Crippen LogP contribution in [-0.2, 0) is 14.8 Å². The van der Waals surface area contributed by atoms with Gasteiger partial charge in [-0.05, 0) is 56.9 Å². The smallest absolute Gasteiger partial charge is 0.407 e. The third kappa shape index (κ3) is 7.32. The minimum Gasteiger partial charge on any atom is -0.444 e. The molecule has 1 amide bonds. The highest BCUT2D eigenvalue weighted by molar-refractivity contribution is 7.89. The molecule has 28 heavy (non-hydrogen) atoms. The standard InChI is InChI=1S/C21H28N2O4S/c1-21(2,3)27-20(24)22-15-7-8-16-23-28(25,26)19-13-11-18(12-14-19)17-9-5-4-6-10-17/h4-6,9-14,23H,7-8,15-16H2,1-3H3,(H,22,24). The van der Waals surface area contributed by atoms with Gasteiger partial charge in [0.05, 0.1) is 4.90 Å². The first kappa shape index (κ1) is 21.9. The highest BCUT2D eigenvalue weighted by atomic mass is 32.2. The van der Waals surface area contributed by atoms with Crippen LogP contribution in [0.3, 0.4) is 0 Å². The minimum absolute atomic E-state index is 0.235. The fourth-order valence-electron chi connectivity index (χ4n) is 2.50. The van der Waals surface area contributed by atoms with Crippen LogP contribution in [0, 0.1) is 0 Å². The number of hydrogen-bond acceptors (Lipinski definition) is 4. The first-order chi connectivity index (χ1) is 13.2. The summed E-state index contributed by atoms with van der Waals surface area (Å²) in [6, 6.07) is 16.6. The van der Waals surface area contributed by atoms with Gasteiger partial charge in [0.1, 0.15) is 5.60 Å². The maximum Gasteiger partial charge on any atom is 0.407 e. The summed E-state index contributed by atoms with van der Waals surface area (Å²) < 4.78 is 32.5. The second-order valence-electron chi connectivity index (χ2n) is 7.42. The summed E-state index contributed by atoms with van der Waals surface area (Å²) in [5.41, 5.74) is 1.47. The molecule has 0 unspecified atom stereocenters. The fraction of sp³-hybridized carbons (Fsp3) is 0.381. The van der Waals surface area contributed by atoms with Crippen molar-refractivity contribution in [2.75, 3.05) is 13.1 Å². The molecule has 0 fully saturated rings. The largest absolute Gasteiger partial charge is 0.444 e. The van der Waals surface area contributed by atoms with E-state index in [9.17, 15) is 13.2 Å². The predicted octanol–water partition coefficient (Wildman–Crippen LogP) is 3.94. The van der Waals surface area contributed by atoms with Gasteiger partial charge in [-0.25, -0.2) is 17.9 Å². The van der Waals surface area contributed by atoms with Crippen LogP contribution in [0.4, 0.5) is 4.79 Å². The number of rotatable bonds is 8. The topological polar surface area (TPSA) is 84.5 Å². The van der Waals surface area contributed by atoms with Crippen LogP contribution >= 0.6 is 0 Å². The Kier molecular flexibility index (Phi) is 7.60. The van der Waals surface area contributed by atoms with Crippen molar-refractivity contribution < 1.29 is 17.9 Å². The lowest BCUT2D eigenvalue weighted by Gasteiger charge is -2.19. The fourth-order valence-corrected chi connectivity index (χ4v) is 3.58. The molecule has 2 rings (SSSR count). The van der Waals surface area contributed by atoms with Gasteiger partial charge in [0.2, 0.25) is 10.0 Å².